The smallest absolute Gasteiger partial charge is 0.341 e. The van der Waals surface area contributed by atoms with Crippen LogP contribution in [-0.2, 0) is 21.0 Å². The molecule has 1 aromatic carbocycles. The Morgan fingerprint density at radius 1 is 1.38 bits per heavy atom. The summed E-state index contributed by atoms with van der Waals surface area (Å²) in [5, 5.41) is -0.536. The van der Waals surface area contributed by atoms with Crippen molar-refractivity contribution in [3.63, 3.8) is 0 Å². The number of carbonyl (C=O) groups excluding carboxylic acids is 1. The maximum absolute atomic E-state index is 13.1. The molecule has 0 aliphatic carbocycles. The number of piperidine rings is 1. The van der Waals surface area contributed by atoms with E-state index < -0.39 is 39.2 Å². The van der Waals surface area contributed by atoms with Gasteiger partial charge in [-0.3, -0.25) is 9.10 Å². The van der Waals surface area contributed by atoms with E-state index >= 15 is 0 Å². The fourth-order valence-corrected chi connectivity index (χ4v) is 3.99. The normalized spacial score (nSPS) is 18.7. The van der Waals surface area contributed by atoms with Crippen LogP contribution < -0.4 is 4.31 Å². The van der Waals surface area contributed by atoms with E-state index in [9.17, 15) is 26.4 Å². The van der Waals surface area contributed by atoms with Crippen molar-refractivity contribution in [2.24, 2.45) is 5.92 Å². The fraction of sp³-hybridized carbons (Fsp3) is 0.562. The molecular formula is C16H20ClF3N2O3S. The molecule has 5 nitrogen and oxygen atoms in total. The van der Waals surface area contributed by atoms with Gasteiger partial charge in [0, 0.05) is 13.1 Å². The largest absolute Gasteiger partial charge is 0.417 e. The monoisotopic (exact) mass is 412 g/mol. The third kappa shape index (κ3) is 5.03. The highest BCUT2D eigenvalue weighted by molar-refractivity contribution is 7.92. The summed E-state index contributed by atoms with van der Waals surface area (Å²) >= 11 is 5.58. The molecule has 0 saturated carbocycles. The molecule has 0 aromatic heterocycles. The molecule has 0 unspecified atom stereocenters. The number of benzene rings is 1. The summed E-state index contributed by atoms with van der Waals surface area (Å²) in [6.07, 6.45) is -2.10. The molecule has 0 N–H and O–H groups in total. The highest BCUT2D eigenvalue weighted by Crippen LogP contribution is 2.37. The topological polar surface area (TPSA) is 57.7 Å². The van der Waals surface area contributed by atoms with E-state index in [2.05, 4.69) is 0 Å². The third-order valence-corrected chi connectivity index (χ3v) is 5.70. The zero-order valence-corrected chi connectivity index (χ0v) is 16.0. The highest BCUT2D eigenvalue weighted by atomic mass is 35.5. The number of halogens is 4. The molecule has 0 spiro atoms. The molecule has 1 aliphatic rings. The van der Waals surface area contributed by atoms with E-state index in [4.69, 9.17) is 11.6 Å². The van der Waals surface area contributed by atoms with Crippen LogP contribution >= 0.6 is 11.6 Å². The maximum Gasteiger partial charge on any atom is 0.417 e. The van der Waals surface area contributed by atoms with Crippen LogP contribution in [0.2, 0.25) is 5.02 Å². The Morgan fingerprint density at radius 3 is 2.58 bits per heavy atom. The van der Waals surface area contributed by atoms with Crippen LogP contribution in [0, 0.1) is 5.92 Å². The number of carbonyl (C=O) groups is 1. The van der Waals surface area contributed by atoms with Gasteiger partial charge in [0.2, 0.25) is 15.9 Å². The first-order valence-corrected chi connectivity index (χ1v) is 10.2. The van der Waals surface area contributed by atoms with Gasteiger partial charge in [-0.05, 0) is 37.0 Å². The molecule has 0 bridgehead atoms. The maximum atomic E-state index is 13.1. The molecular weight excluding hydrogens is 393 g/mol. The lowest BCUT2D eigenvalue weighted by Gasteiger charge is -2.33. The molecule has 1 aromatic rings. The lowest BCUT2D eigenvalue weighted by atomic mass is 10.0. The van der Waals surface area contributed by atoms with Crippen LogP contribution in [0.25, 0.3) is 0 Å². The average molecular weight is 413 g/mol. The minimum Gasteiger partial charge on any atom is -0.341 e. The van der Waals surface area contributed by atoms with Gasteiger partial charge < -0.3 is 4.90 Å². The van der Waals surface area contributed by atoms with Crippen molar-refractivity contribution in [1.82, 2.24) is 4.90 Å². The Balaban J connectivity index is 2.33. The number of rotatable bonds is 4. The number of nitrogens with zero attached hydrogens (tertiary/aromatic N) is 2. The Hall–Kier alpha value is -1.48. The summed E-state index contributed by atoms with van der Waals surface area (Å²) in [5.74, 6) is -0.141. The van der Waals surface area contributed by atoms with Gasteiger partial charge in [-0.25, -0.2) is 8.42 Å². The standard InChI is InChI=1S/C16H20ClF3N2O3S/c1-11-4-3-7-21(9-11)15(23)10-22(26(2,24)25)12-5-6-14(17)13(8-12)16(18,19)20/h5-6,8,11H,3-4,7,9-10H2,1-2H3/t11-/m0/s1. The molecule has 10 heteroatoms. The van der Waals surface area contributed by atoms with Gasteiger partial charge in [0.05, 0.1) is 22.5 Å². The predicted molar refractivity (Wildman–Crippen MR) is 93.6 cm³/mol. The molecule has 1 saturated heterocycles. The summed E-state index contributed by atoms with van der Waals surface area (Å²) < 4.78 is 64.1. The van der Waals surface area contributed by atoms with Crippen LogP contribution in [0.1, 0.15) is 25.3 Å². The lowest BCUT2D eigenvalue weighted by molar-refractivity contribution is -0.137. The van der Waals surface area contributed by atoms with Crippen LogP contribution in [0.3, 0.4) is 0 Å². The van der Waals surface area contributed by atoms with E-state index in [1.165, 1.54) is 0 Å². The Morgan fingerprint density at radius 2 is 2.04 bits per heavy atom. The summed E-state index contributed by atoms with van der Waals surface area (Å²) in [6, 6.07) is 2.78. The molecule has 26 heavy (non-hydrogen) atoms. The minimum absolute atomic E-state index is 0.248. The Labute approximate surface area is 155 Å². The second-order valence-electron chi connectivity index (χ2n) is 6.52. The van der Waals surface area contributed by atoms with Gasteiger partial charge in [-0.15, -0.1) is 0 Å². The first-order chi connectivity index (χ1) is 11.9. The fourth-order valence-electron chi connectivity index (χ4n) is 2.92. The van der Waals surface area contributed by atoms with E-state index in [-0.39, 0.29) is 5.69 Å². The summed E-state index contributed by atoms with van der Waals surface area (Å²) in [5.41, 5.74) is -1.40. The highest BCUT2D eigenvalue weighted by Gasteiger charge is 2.35. The predicted octanol–water partition coefficient (Wildman–Crippen LogP) is 3.38. The molecule has 2 rings (SSSR count). The quantitative estimate of drug-likeness (QED) is 0.761. The minimum atomic E-state index is -4.73. The number of alkyl halides is 3. The number of likely N-dealkylation sites (tertiary alicyclic amines) is 1. The number of amides is 1. The Kier molecular flexibility index (Phi) is 6.12. The first kappa shape index (κ1) is 20.8. The van der Waals surface area contributed by atoms with E-state index in [0.717, 1.165) is 31.2 Å². The van der Waals surface area contributed by atoms with Gasteiger partial charge in [-0.1, -0.05) is 18.5 Å². The molecule has 146 valence electrons. The molecule has 1 aliphatic heterocycles. The van der Waals surface area contributed by atoms with Crippen molar-refractivity contribution in [3.05, 3.63) is 28.8 Å². The second kappa shape index (κ2) is 7.64. The summed E-state index contributed by atoms with van der Waals surface area (Å²) in [7, 11) is -3.96. The number of sulfonamides is 1. The zero-order chi connectivity index (χ0) is 19.7. The van der Waals surface area contributed by atoms with Crippen molar-refractivity contribution in [1.29, 1.82) is 0 Å². The zero-order valence-electron chi connectivity index (χ0n) is 14.4. The van der Waals surface area contributed by atoms with Crippen LogP contribution in [-0.4, -0.2) is 45.1 Å². The van der Waals surface area contributed by atoms with Crippen molar-refractivity contribution in [2.45, 2.75) is 25.9 Å². The van der Waals surface area contributed by atoms with Crippen LogP contribution in [0.5, 0.6) is 0 Å². The number of hydrogen-bond donors (Lipinski definition) is 0. The van der Waals surface area contributed by atoms with Gasteiger partial charge in [-0.2, -0.15) is 13.2 Å². The molecule has 1 atom stereocenters. The third-order valence-electron chi connectivity index (χ3n) is 4.23. The van der Waals surface area contributed by atoms with Crippen molar-refractivity contribution in [3.8, 4) is 0 Å². The van der Waals surface area contributed by atoms with Crippen LogP contribution in [0.4, 0.5) is 18.9 Å². The molecule has 0 radical (unpaired) electrons. The second-order valence-corrected chi connectivity index (χ2v) is 8.83. The van der Waals surface area contributed by atoms with E-state index in [0.29, 0.717) is 29.4 Å². The van der Waals surface area contributed by atoms with Crippen LogP contribution in [0.15, 0.2) is 18.2 Å². The van der Waals surface area contributed by atoms with Gasteiger partial charge in [0.25, 0.3) is 0 Å². The van der Waals surface area contributed by atoms with E-state index in [1.54, 1.807) is 4.90 Å². The van der Waals surface area contributed by atoms with Crippen molar-refractivity contribution in [2.75, 3.05) is 30.2 Å². The van der Waals surface area contributed by atoms with Gasteiger partial charge in [0.15, 0.2) is 0 Å². The number of hydrogen-bond acceptors (Lipinski definition) is 3. The summed E-state index contributed by atoms with van der Waals surface area (Å²) in [4.78, 5) is 14.0. The van der Waals surface area contributed by atoms with Gasteiger partial charge >= 0.3 is 6.18 Å². The molecule has 1 heterocycles. The SMILES string of the molecule is C[C@H]1CCCN(C(=O)CN(c2ccc(Cl)c(C(F)(F)F)c2)S(C)(=O)=O)C1. The average Bonchev–Trinajstić information content (AvgIpc) is 2.51. The van der Waals surface area contributed by atoms with Gasteiger partial charge in [0.1, 0.15) is 6.54 Å². The van der Waals surface area contributed by atoms with Crippen molar-refractivity contribution >= 4 is 33.2 Å². The lowest BCUT2D eigenvalue weighted by Crippen LogP contribution is -2.46. The Bertz CT molecular complexity index is 783. The molecule has 1 fully saturated rings. The summed E-state index contributed by atoms with van der Waals surface area (Å²) in [6.45, 7) is 2.45. The first-order valence-electron chi connectivity index (χ1n) is 8.02. The van der Waals surface area contributed by atoms with Crippen molar-refractivity contribution < 1.29 is 26.4 Å². The van der Waals surface area contributed by atoms with E-state index in [1.807, 2.05) is 6.92 Å². The number of anilines is 1. The molecule has 1 amide bonds.